The van der Waals surface area contributed by atoms with E-state index in [-0.39, 0.29) is 17.5 Å². The highest BCUT2D eigenvalue weighted by Crippen LogP contribution is 2.53. The predicted molar refractivity (Wildman–Crippen MR) is 121 cm³/mol. The van der Waals surface area contributed by atoms with Crippen molar-refractivity contribution in [3.05, 3.63) is 103 Å². The monoisotopic (exact) mass is 398 g/mol. The van der Waals surface area contributed by atoms with Crippen LogP contribution < -0.4 is 4.74 Å². The molecule has 0 radical (unpaired) electrons. The lowest BCUT2D eigenvalue weighted by atomic mass is 9.71. The average Bonchev–Trinajstić information content (AvgIpc) is 3.03. The van der Waals surface area contributed by atoms with Gasteiger partial charge in [-0.15, -0.1) is 19.7 Å². The second-order valence-corrected chi connectivity index (χ2v) is 8.00. The van der Waals surface area contributed by atoms with Gasteiger partial charge < -0.3 is 9.84 Å². The van der Waals surface area contributed by atoms with Crippen molar-refractivity contribution in [3.63, 3.8) is 0 Å². The topological polar surface area (TPSA) is 46.5 Å². The van der Waals surface area contributed by atoms with Gasteiger partial charge in [0.2, 0.25) is 0 Å². The van der Waals surface area contributed by atoms with E-state index >= 15 is 0 Å². The lowest BCUT2D eigenvalue weighted by Gasteiger charge is -2.35. The van der Waals surface area contributed by atoms with Gasteiger partial charge in [-0.25, -0.2) is 0 Å². The summed E-state index contributed by atoms with van der Waals surface area (Å²) in [5.74, 6) is 0.837. The first kappa shape index (κ1) is 20.0. The lowest BCUT2D eigenvalue weighted by molar-refractivity contribution is -0.115. The molecule has 2 aromatic rings. The first-order chi connectivity index (χ1) is 14.5. The van der Waals surface area contributed by atoms with Gasteiger partial charge in [0.25, 0.3) is 0 Å². The minimum Gasteiger partial charge on any atom is -0.507 e. The molecular formula is C27H26O3. The van der Waals surface area contributed by atoms with Crippen LogP contribution in [0.5, 0.6) is 11.5 Å². The van der Waals surface area contributed by atoms with Gasteiger partial charge in [0.15, 0.2) is 5.78 Å². The molecule has 0 saturated carbocycles. The normalized spacial score (nSPS) is 21.8. The molecule has 1 heterocycles. The van der Waals surface area contributed by atoms with Crippen molar-refractivity contribution in [2.24, 2.45) is 0 Å². The molecule has 0 bridgehead atoms. The number of Topliss-reactive ketones (excluding diaryl/α,β-unsaturated/α-hetero) is 1. The van der Waals surface area contributed by atoms with Gasteiger partial charge in [0.1, 0.15) is 17.1 Å². The van der Waals surface area contributed by atoms with Crippen molar-refractivity contribution in [1.29, 1.82) is 0 Å². The first-order valence-corrected chi connectivity index (χ1v) is 10.2. The number of phenols is 1. The Labute approximate surface area is 177 Å². The molecule has 2 unspecified atom stereocenters. The summed E-state index contributed by atoms with van der Waals surface area (Å²) in [7, 11) is 0. The van der Waals surface area contributed by atoms with Crippen molar-refractivity contribution in [1.82, 2.24) is 0 Å². The van der Waals surface area contributed by atoms with Gasteiger partial charge >= 0.3 is 0 Å². The number of ketones is 1. The standard InChI is InChI=1S/C27H26O3/c1-4-7-18-9-11-24(28)20(14-18)22-17-27(13-6-3)23(16-25(22)29)21-15-19(8-5-2)10-12-26(21)30-27/h4-6,9-12,14-15,17,23,28H,1-3,7-8,13,16H2. The summed E-state index contributed by atoms with van der Waals surface area (Å²) in [5, 5.41) is 10.5. The molecule has 0 fully saturated rings. The number of benzene rings is 2. The fourth-order valence-electron chi connectivity index (χ4n) is 4.62. The van der Waals surface area contributed by atoms with E-state index in [9.17, 15) is 9.90 Å². The average molecular weight is 399 g/mol. The van der Waals surface area contributed by atoms with Gasteiger partial charge in [-0.3, -0.25) is 4.79 Å². The minimum atomic E-state index is -0.680. The molecule has 1 aliphatic carbocycles. The van der Waals surface area contributed by atoms with E-state index in [4.69, 9.17) is 4.74 Å². The summed E-state index contributed by atoms with van der Waals surface area (Å²) in [4.78, 5) is 13.2. The zero-order valence-corrected chi connectivity index (χ0v) is 17.1. The van der Waals surface area contributed by atoms with Crippen LogP contribution in [0.1, 0.15) is 41.0 Å². The number of carbonyl (C=O) groups excluding carboxylic acids is 1. The van der Waals surface area contributed by atoms with Gasteiger partial charge in [0, 0.05) is 35.5 Å². The van der Waals surface area contributed by atoms with E-state index in [1.807, 2.05) is 42.5 Å². The SMILES string of the molecule is C=CCc1ccc(O)c(C2=CC3(CC=C)Oc4ccc(CC=C)cc4C3CC2=O)c1. The second-order valence-electron chi connectivity index (χ2n) is 8.00. The molecule has 2 atom stereocenters. The van der Waals surface area contributed by atoms with E-state index in [1.165, 1.54) is 0 Å². The number of rotatable bonds is 7. The van der Waals surface area contributed by atoms with Gasteiger partial charge in [-0.2, -0.15) is 0 Å². The first-order valence-electron chi connectivity index (χ1n) is 10.2. The number of phenolic OH excluding ortho intramolecular Hbond substituents is 1. The molecule has 3 nitrogen and oxygen atoms in total. The van der Waals surface area contributed by atoms with Gasteiger partial charge in [-0.05, 0) is 48.2 Å². The summed E-state index contributed by atoms with van der Waals surface area (Å²) in [6, 6.07) is 11.5. The largest absolute Gasteiger partial charge is 0.507 e. The Hall–Kier alpha value is -3.33. The van der Waals surface area contributed by atoms with Crippen molar-refractivity contribution < 1.29 is 14.6 Å². The van der Waals surface area contributed by atoms with E-state index < -0.39 is 5.60 Å². The Kier molecular flexibility index (Phi) is 5.21. The molecule has 1 N–H and O–H groups in total. The molecule has 3 heteroatoms. The molecule has 2 aromatic carbocycles. The molecular weight excluding hydrogens is 372 g/mol. The van der Waals surface area contributed by atoms with E-state index in [1.54, 1.807) is 12.1 Å². The molecule has 4 rings (SSSR count). The quantitative estimate of drug-likeness (QED) is 0.609. The minimum absolute atomic E-state index is 0.0105. The summed E-state index contributed by atoms with van der Waals surface area (Å²) >= 11 is 0. The fourth-order valence-corrected chi connectivity index (χ4v) is 4.62. The van der Waals surface area contributed by atoms with Crippen molar-refractivity contribution in [2.75, 3.05) is 0 Å². The van der Waals surface area contributed by atoms with Crippen molar-refractivity contribution in [3.8, 4) is 11.5 Å². The van der Waals surface area contributed by atoms with Crippen LogP contribution in [-0.4, -0.2) is 16.5 Å². The van der Waals surface area contributed by atoms with Crippen LogP contribution in [0.3, 0.4) is 0 Å². The van der Waals surface area contributed by atoms with Crippen LogP contribution >= 0.6 is 0 Å². The smallest absolute Gasteiger partial charge is 0.164 e. The summed E-state index contributed by atoms with van der Waals surface area (Å²) in [5.41, 5.74) is 3.59. The number of hydrogen-bond acceptors (Lipinski definition) is 3. The van der Waals surface area contributed by atoms with Crippen molar-refractivity contribution in [2.45, 2.75) is 37.2 Å². The molecule has 30 heavy (non-hydrogen) atoms. The maximum Gasteiger partial charge on any atom is 0.164 e. The van der Waals surface area contributed by atoms with Gasteiger partial charge in [0.05, 0.1) is 0 Å². The molecule has 0 aromatic heterocycles. The van der Waals surface area contributed by atoms with Crippen LogP contribution in [0, 0.1) is 0 Å². The number of ether oxygens (including phenoxy) is 1. The van der Waals surface area contributed by atoms with Crippen LogP contribution in [0.15, 0.2) is 80.4 Å². The highest BCUT2D eigenvalue weighted by molar-refractivity contribution is 6.23. The molecule has 152 valence electrons. The van der Waals surface area contributed by atoms with E-state index in [0.29, 0.717) is 30.4 Å². The fraction of sp³-hybridized carbons (Fsp3) is 0.222. The van der Waals surface area contributed by atoms with Crippen LogP contribution in [0.2, 0.25) is 0 Å². The Morgan fingerprint density at radius 2 is 1.73 bits per heavy atom. The number of hydrogen-bond donors (Lipinski definition) is 1. The van der Waals surface area contributed by atoms with Crippen LogP contribution in [0.25, 0.3) is 5.57 Å². The number of allylic oxidation sites excluding steroid dienone is 3. The number of aromatic hydroxyl groups is 1. The zero-order chi connectivity index (χ0) is 21.3. The van der Waals surface area contributed by atoms with E-state index in [2.05, 4.69) is 25.8 Å². The van der Waals surface area contributed by atoms with E-state index in [0.717, 1.165) is 28.9 Å². The molecule has 0 spiro atoms. The maximum absolute atomic E-state index is 13.2. The molecule has 2 aliphatic rings. The Balaban J connectivity index is 1.83. The van der Waals surface area contributed by atoms with Crippen LogP contribution in [-0.2, 0) is 17.6 Å². The zero-order valence-electron chi connectivity index (χ0n) is 17.1. The lowest BCUT2D eigenvalue weighted by Crippen LogP contribution is -2.40. The maximum atomic E-state index is 13.2. The highest BCUT2D eigenvalue weighted by Gasteiger charge is 2.50. The van der Waals surface area contributed by atoms with Crippen molar-refractivity contribution >= 4 is 11.4 Å². The number of fused-ring (bicyclic) bond motifs is 3. The summed E-state index contributed by atoms with van der Waals surface area (Å²) < 4.78 is 6.47. The third-order valence-corrected chi connectivity index (χ3v) is 5.99. The van der Waals surface area contributed by atoms with Gasteiger partial charge in [-0.1, -0.05) is 36.4 Å². The Morgan fingerprint density at radius 3 is 2.43 bits per heavy atom. The summed E-state index contributed by atoms with van der Waals surface area (Å²) in [6.45, 7) is 11.5. The number of carbonyl (C=O) groups is 1. The molecule has 1 aliphatic heterocycles. The third-order valence-electron chi connectivity index (χ3n) is 5.99. The predicted octanol–water partition coefficient (Wildman–Crippen LogP) is 5.70. The molecule has 0 amide bonds. The van der Waals surface area contributed by atoms with Crippen LogP contribution in [0.4, 0.5) is 0 Å². The second kappa shape index (κ2) is 7.83. The summed E-state index contributed by atoms with van der Waals surface area (Å²) in [6.07, 6.45) is 9.77. The highest BCUT2D eigenvalue weighted by atomic mass is 16.5. The Bertz CT molecular complexity index is 1080. The molecule has 0 saturated heterocycles. The third kappa shape index (κ3) is 3.30. The Morgan fingerprint density at radius 1 is 1.03 bits per heavy atom.